The van der Waals surface area contributed by atoms with Gasteiger partial charge in [-0.25, -0.2) is 8.78 Å². The van der Waals surface area contributed by atoms with E-state index in [4.69, 9.17) is 4.74 Å². The number of hydrogen-bond donors (Lipinski definition) is 1. The quantitative estimate of drug-likeness (QED) is 0.767. The van der Waals surface area contributed by atoms with Crippen LogP contribution in [-0.4, -0.2) is 29.7 Å². The van der Waals surface area contributed by atoms with Crippen molar-refractivity contribution in [2.24, 2.45) is 0 Å². The van der Waals surface area contributed by atoms with Crippen LogP contribution in [0.4, 0.5) is 8.78 Å². The number of carbonyl (C=O) groups excluding carboxylic acids is 2. The van der Waals surface area contributed by atoms with Crippen molar-refractivity contribution in [3.63, 3.8) is 0 Å². The number of Topliss-reactive ketones (excluding diaryl/α,β-unsaturated/α-hetero) is 1. The first-order chi connectivity index (χ1) is 12.7. The summed E-state index contributed by atoms with van der Waals surface area (Å²) < 4.78 is 29.5. The molecule has 7 heteroatoms. The van der Waals surface area contributed by atoms with E-state index in [1.807, 2.05) is 0 Å². The summed E-state index contributed by atoms with van der Waals surface area (Å²) in [5.41, 5.74) is 3.19. The summed E-state index contributed by atoms with van der Waals surface area (Å²) in [6, 6.07) is 8.37. The average molecular weight is 376 g/mol. The maximum atomic E-state index is 12.4. The lowest BCUT2D eigenvalue weighted by Gasteiger charge is -2.11. The van der Waals surface area contributed by atoms with Crippen LogP contribution in [0.2, 0.25) is 0 Å². The summed E-state index contributed by atoms with van der Waals surface area (Å²) >= 11 is 0. The lowest BCUT2D eigenvalue weighted by molar-refractivity contribution is -0.116. The molecule has 2 aromatic rings. The highest BCUT2D eigenvalue weighted by Gasteiger charge is 2.11. The van der Waals surface area contributed by atoms with Crippen LogP contribution in [0.5, 0.6) is 5.75 Å². The Bertz CT molecular complexity index is 838. The Balaban J connectivity index is 2.02. The van der Waals surface area contributed by atoms with Gasteiger partial charge in [0.25, 0.3) is 12.3 Å². The predicted molar refractivity (Wildman–Crippen MR) is 97.2 cm³/mol. The van der Waals surface area contributed by atoms with Crippen LogP contribution in [-0.2, 0) is 17.8 Å². The van der Waals surface area contributed by atoms with Gasteiger partial charge < -0.3 is 10.1 Å². The Morgan fingerprint density at radius 3 is 2.56 bits per heavy atom. The fraction of sp³-hybridized carbons (Fsp3) is 0.350. The normalized spacial score (nSPS) is 10.7. The average Bonchev–Trinajstić information content (AvgIpc) is 2.57. The molecule has 0 aliphatic carbocycles. The van der Waals surface area contributed by atoms with Crippen molar-refractivity contribution in [1.82, 2.24) is 10.3 Å². The molecule has 2 rings (SSSR count). The van der Waals surface area contributed by atoms with Gasteiger partial charge in [-0.05, 0) is 50.1 Å². The molecule has 1 N–H and O–H groups in total. The van der Waals surface area contributed by atoms with Crippen LogP contribution in [0.15, 0.2) is 30.3 Å². The first kappa shape index (κ1) is 20.5. The van der Waals surface area contributed by atoms with Gasteiger partial charge in [-0.3, -0.25) is 14.6 Å². The molecule has 0 saturated carbocycles. The van der Waals surface area contributed by atoms with Crippen molar-refractivity contribution >= 4 is 11.7 Å². The first-order valence-electron chi connectivity index (χ1n) is 8.50. The minimum atomic E-state index is -2.53. The summed E-state index contributed by atoms with van der Waals surface area (Å²) in [4.78, 5) is 27.9. The maximum absolute atomic E-state index is 12.4. The number of amides is 1. The number of benzene rings is 1. The molecule has 27 heavy (non-hydrogen) atoms. The zero-order valence-corrected chi connectivity index (χ0v) is 15.5. The summed E-state index contributed by atoms with van der Waals surface area (Å²) in [6.07, 6.45) is -2.35. The molecule has 0 radical (unpaired) electrons. The standard InChI is InChI=1S/C20H22F2N2O3/c1-12-6-15(4-5-18(12)27-11-19(21)22)10-23-20(26)16-7-13(2)24-17(9-16)8-14(3)25/h4-7,9,19H,8,10-11H2,1-3H3,(H,23,26). The third kappa shape index (κ3) is 6.44. The van der Waals surface area contributed by atoms with E-state index < -0.39 is 13.0 Å². The van der Waals surface area contributed by atoms with Crippen molar-refractivity contribution in [2.45, 2.75) is 40.2 Å². The van der Waals surface area contributed by atoms with Gasteiger partial charge in [0.15, 0.2) is 0 Å². The van der Waals surface area contributed by atoms with Gasteiger partial charge in [0.1, 0.15) is 18.1 Å². The monoisotopic (exact) mass is 376 g/mol. The Morgan fingerprint density at radius 1 is 1.19 bits per heavy atom. The zero-order valence-electron chi connectivity index (χ0n) is 15.5. The smallest absolute Gasteiger partial charge is 0.272 e. The Hall–Kier alpha value is -2.83. The van der Waals surface area contributed by atoms with E-state index in [0.29, 0.717) is 28.3 Å². The van der Waals surface area contributed by atoms with Crippen LogP contribution in [0.1, 0.15) is 39.8 Å². The minimum Gasteiger partial charge on any atom is -0.487 e. The van der Waals surface area contributed by atoms with Crippen LogP contribution < -0.4 is 10.1 Å². The molecule has 144 valence electrons. The van der Waals surface area contributed by atoms with E-state index in [-0.39, 0.29) is 24.7 Å². The lowest BCUT2D eigenvalue weighted by atomic mass is 10.1. The van der Waals surface area contributed by atoms with Crippen molar-refractivity contribution in [1.29, 1.82) is 0 Å². The molecular formula is C20H22F2N2O3. The van der Waals surface area contributed by atoms with E-state index in [1.54, 1.807) is 44.2 Å². The number of rotatable bonds is 8. The number of nitrogens with one attached hydrogen (secondary N) is 1. The largest absolute Gasteiger partial charge is 0.487 e. The first-order valence-corrected chi connectivity index (χ1v) is 8.50. The van der Waals surface area contributed by atoms with E-state index in [9.17, 15) is 18.4 Å². The Morgan fingerprint density at radius 2 is 1.93 bits per heavy atom. The number of nitrogens with zero attached hydrogens (tertiary/aromatic N) is 1. The van der Waals surface area contributed by atoms with Crippen molar-refractivity contribution in [3.05, 3.63) is 58.4 Å². The Kier molecular flexibility index (Phi) is 6.98. The molecule has 0 spiro atoms. The molecule has 0 bridgehead atoms. The number of pyridine rings is 1. The second-order valence-corrected chi connectivity index (χ2v) is 6.35. The molecule has 0 atom stereocenters. The number of hydrogen-bond acceptors (Lipinski definition) is 4. The number of alkyl halides is 2. The van der Waals surface area contributed by atoms with E-state index in [0.717, 1.165) is 5.56 Å². The molecule has 0 aliphatic rings. The number of aryl methyl sites for hydroxylation is 2. The number of halogens is 2. The molecular weight excluding hydrogens is 354 g/mol. The number of ketones is 1. The third-order valence-corrected chi connectivity index (χ3v) is 3.76. The van der Waals surface area contributed by atoms with Crippen LogP contribution in [0, 0.1) is 13.8 Å². The summed E-state index contributed by atoms with van der Waals surface area (Å²) in [5.74, 6) is 0.0917. The van der Waals surface area contributed by atoms with Crippen LogP contribution in [0.25, 0.3) is 0 Å². The summed E-state index contributed by atoms with van der Waals surface area (Å²) in [5, 5.41) is 2.81. The molecule has 5 nitrogen and oxygen atoms in total. The topological polar surface area (TPSA) is 68.3 Å². The van der Waals surface area contributed by atoms with Gasteiger partial charge in [0.05, 0.1) is 0 Å². The summed E-state index contributed by atoms with van der Waals surface area (Å²) in [6.45, 7) is 4.62. The van der Waals surface area contributed by atoms with Gasteiger partial charge >= 0.3 is 0 Å². The molecule has 1 aromatic carbocycles. The minimum absolute atomic E-state index is 0.0240. The molecule has 0 fully saturated rings. The predicted octanol–water partition coefficient (Wildman–Crippen LogP) is 3.40. The van der Waals surface area contributed by atoms with E-state index in [2.05, 4.69) is 10.3 Å². The van der Waals surface area contributed by atoms with Gasteiger partial charge in [-0.2, -0.15) is 0 Å². The van der Waals surface area contributed by atoms with Crippen molar-refractivity contribution in [3.8, 4) is 5.75 Å². The van der Waals surface area contributed by atoms with Gasteiger partial charge in [-0.15, -0.1) is 0 Å². The van der Waals surface area contributed by atoms with E-state index >= 15 is 0 Å². The van der Waals surface area contributed by atoms with Gasteiger partial charge in [-0.1, -0.05) is 12.1 Å². The maximum Gasteiger partial charge on any atom is 0.272 e. The lowest BCUT2D eigenvalue weighted by Crippen LogP contribution is -2.23. The fourth-order valence-electron chi connectivity index (χ4n) is 2.63. The number of ether oxygens (including phenoxy) is 1. The van der Waals surface area contributed by atoms with Crippen molar-refractivity contribution in [2.75, 3.05) is 6.61 Å². The number of carbonyl (C=O) groups is 2. The SMILES string of the molecule is CC(=O)Cc1cc(C(=O)NCc2ccc(OCC(F)F)c(C)c2)cc(C)n1. The van der Waals surface area contributed by atoms with E-state index in [1.165, 1.54) is 6.92 Å². The highest BCUT2D eigenvalue weighted by molar-refractivity contribution is 5.94. The third-order valence-electron chi connectivity index (χ3n) is 3.76. The Labute approximate surface area is 156 Å². The highest BCUT2D eigenvalue weighted by Crippen LogP contribution is 2.20. The molecule has 0 aliphatic heterocycles. The fourth-order valence-corrected chi connectivity index (χ4v) is 2.63. The molecule has 1 heterocycles. The highest BCUT2D eigenvalue weighted by atomic mass is 19.3. The molecule has 0 saturated heterocycles. The molecule has 0 unspecified atom stereocenters. The molecule has 1 aromatic heterocycles. The second kappa shape index (κ2) is 9.21. The van der Waals surface area contributed by atoms with Crippen LogP contribution in [0.3, 0.4) is 0 Å². The van der Waals surface area contributed by atoms with Crippen molar-refractivity contribution < 1.29 is 23.1 Å². The van der Waals surface area contributed by atoms with Gasteiger partial charge in [0.2, 0.25) is 0 Å². The second-order valence-electron chi connectivity index (χ2n) is 6.35. The number of aromatic nitrogens is 1. The zero-order chi connectivity index (χ0) is 20.0. The summed E-state index contributed by atoms with van der Waals surface area (Å²) in [7, 11) is 0. The molecule has 1 amide bonds. The van der Waals surface area contributed by atoms with Crippen LogP contribution >= 0.6 is 0 Å². The van der Waals surface area contributed by atoms with Gasteiger partial charge in [0, 0.05) is 29.9 Å².